The molecule has 1 rings (SSSR count). The van der Waals surface area contributed by atoms with E-state index in [1.165, 1.54) is 25.3 Å². The highest BCUT2D eigenvalue weighted by molar-refractivity contribution is 6.18. The zero-order valence-corrected chi connectivity index (χ0v) is 12.2. The Hall–Kier alpha value is -1.82. The van der Waals surface area contributed by atoms with E-state index in [0.717, 1.165) is 6.42 Å². The number of benzene rings is 1. The molecular weight excluding hydrogens is 284 g/mol. The number of alkyl halides is 1. The molecule has 0 aromatic heterocycles. The Morgan fingerprint density at radius 2 is 2.15 bits per heavy atom. The first-order valence-corrected chi connectivity index (χ1v) is 6.76. The predicted molar refractivity (Wildman–Crippen MR) is 76.6 cm³/mol. The third kappa shape index (κ3) is 3.84. The number of halogens is 1. The maximum atomic E-state index is 12.3. The number of ether oxygens (including phenoxy) is 1. The van der Waals surface area contributed by atoms with Crippen molar-refractivity contribution < 1.29 is 14.5 Å². The van der Waals surface area contributed by atoms with Crippen molar-refractivity contribution in [2.45, 2.75) is 13.3 Å². The highest BCUT2D eigenvalue weighted by Gasteiger charge is 2.21. The Balaban J connectivity index is 3.08. The molecule has 0 heterocycles. The monoisotopic (exact) mass is 300 g/mol. The van der Waals surface area contributed by atoms with E-state index in [1.807, 2.05) is 6.92 Å². The number of carbonyl (C=O) groups excluding carboxylic acids is 1. The van der Waals surface area contributed by atoms with Gasteiger partial charge in [-0.2, -0.15) is 0 Å². The smallest absolute Gasteiger partial charge is 0.311 e. The molecule has 0 radical (unpaired) electrons. The first kappa shape index (κ1) is 16.2. The molecule has 0 spiro atoms. The highest BCUT2D eigenvalue weighted by atomic mass is 35.5. The van der Waals surface area contributed by atoms with E-state index in [0.29, 0.717) is 19.0 Å². The van der Waals surface area contributed by atoms with Gasteiger partial charge < -0.3 is 9.64 Å². The molecule has 0 fully saturated rings. The van der Waals surface area contributed by atoms with Crippen LogP contribution in [-0.4, -0.2) is 41.8 Å². The fraction of sp³-hybridized carbons (Fsp3) is 0.462. The van der Waals surface area contributed by atoms with Gasteiger partial charge in [0, 0.05) is 30.6 Å². The summed E-state index contributed by atoms with van der Waals surface area (Å²) >= 11 is 5.67. The Kier molecular flexibility index (Phi) is 6.24. The van der Waals surface area contributed by atoms with Crippen LogP contribution in [0.15, 0.2) is 18.2 Å². The second kappa shape index (κ2) is 7.69. The van der Waals surface area contributed by atoms with E-state index in [-0.39, 0.29) is 22.9 Å². The molecule has 0 aliphatic carbocycles. The molecular formula is C13H17ClN2O4. The van der Waals surface area contributed by atoms with E-state index in [9.17, 15) is 14.9 Å². The number of nitro groups is 1. The van der Waals surface area contributed by atoms with Crippen molar-refractivity contribution in [3.05, 3.63) is 33.9 Å². The van der Waals surface area contributed by atoms with Crippen LogP contribution in [0.25, 0.3) is 0 Å². The topological polar surface area (TPSA) is 72.7 Å². The van der Waals surface area contributed by atoms with Gasteiger partial charge in [0.05, 0.1) is 12.0 Å². The third-order valence-corrected chi connectivity index (χ3v) is 2.93. The normalized spacial score (nSPS) is 10.2. The molecule has 0 saturated carbocycles. The van der Waals surface area contributed by atoms with Crippen LogP contribution < -0.4 is 4.74 Å². The van der Waals surface area contributed by atoms with Crippen LogP contribution in [0.4, 0.5) is 5.69 Å². The van der Waals surface area contributed by atoms with Gasteiger partial charge in [-0.15, -0.1) is 11.6 Å². The molecule has 0 atom stereocenters. The van der Waals surface area contributed by atoms with Crippen LogP contribution in [-0.2, 0) is 0 Å². The molecule has 0 saturated heterocycles. The Morgan fingerprint density at radius 1 is 1.45 bits per heavy atom. The van der Waals surface area contributed by atoms with Crippen molar-refractivity contribution in [2.24, 2.45) is 0 Å². The average Bonchev–Trinajstić information content (AvgIpc) is 2.45. The van der Waals surface area contributed by atoms with Crippen molar-refractivity contribution in [1.82, 2.24) is 4.90 Å². The van der Waals surface area contributed by atoms with Crippen molar-refractivity contribution in [1.29, 1.82) is 0 Å². The van der Waals surface area contributed by atoms with E-state index in [4.69, 9.17) is 16.3 Å². The molecule has 6 nitrogen and oxygen atoms in total. The number of carbonyl (C=O) groups is 1. The lowest BCUT2D eigenvalue weighted by Gasteiger charge is -2.21. The molecule has 0 bridgehead atoms. The molecule has 0 aliphatic heterocycles. The van der Waals surface area contributed by atoms with Gasteiger partial charge in [-0.25, -0.2) is 0 Å². The van der Waals surface area contributed by atoms with Gasteiger partial charge >= 0.3 is 5.69 Å². The van der Waals surface area contributed by atoms with Gasteiger partial charge in [-0.3, -0.25) is 14.9 Å². The third-order valence-electron chi connectivity index (χ3n) is 2.76. The van der Waals surface area contributed by atoms with Gasteiger partial charge in [-0.05, 0) is 18.6 Å². The van der Waals surface area contributed by atoms with Crippen LogP contribution >= 0.6 is 11.6 Å². The van der Waals surface area contributed by atoms with Gasteiger partial charge in [-0.1, -0.05) is 6.92 Å². The van der Waals surface area contributed by atoms with Gasteiger partial charge in [0.25, 0.3) is 5.91 Å². The SMILES string of the molecule is CCCN(CCCl)C(=O)c1ccc(OC)c([N+](=O)[O-])c1. The molecule has 110 valence electrons. The Labute approximate surface area is 122 Å². The van der Waals surface area contributed by atoms with Crippen molar-refractivity contribution in [2.75, 3.05) is 26.1 Å². The molecule has 1 aromatic carbocycles. The van der Waals surface area contributed by atoms with Crippen LogP contribution in [0.1, 0.15) is 23.7 Å². The molecule has 1 amide bonds. The van der Waals surface area contributed by atoms with Gasteiger partial charge in [0.15, 0.2) is 5.75 Å². The zero-order valence-electron chi connectivity index (χ0n) is 11.5. The maximum Gasteiger partial charge on any atom is 0.311 e. The van der Waals surface area contributed by atoms with E-state index >= 15 is 0 Å². The van der Waals surface area contributed by atoms with Gasteiger partial charge in [0.2, 0.25) is 0 Å². The number of hydrogen-bond donors (Lipinski definition) is 0. The van der Waals surface area contributed by atoms with Crippen LogP contribution in [0, 0.1) is 10.1 Å². The largest absolute Gasteiger partial charge is 0.490 e. The Bertz CT molecular complexity index is 487. The molecule has 0 aliphatic rings. The maximum absolute atomic E-state index is 12.3. The predicted octanol–water partition coefficient (Wildman–Crippen LogP) is 2.69. The Morgan fingerprint density at radius 3 is 2.65 bits per heavy atom. The molecule has 1 aromatic rings. The van der Waals surface area contributed by atoms with Crippen LogP contribution in [0.5, 0.6) is 5.75 Å². The van der Waals surface area contributed by atoms with Crippen LogP contribution in [0.3, 0.4) is 0 Å². The van der Waals surface area contributed by atoms with E-state index in [1.54, 1.807) is 4.90 Å². The average molecular weight is 301 g/mol. The summed E-state index contributed by atoms with van der Waals surface area (Å²) in [7, 11) is 1.35. The van der Waals surface area contributed by atoms with Crippen molar-refractivity contribution in [3.63, 3.8) is 0 Å². The number of rotatable bonds is 7. The van der Waals surface area contributed by atoms with Crippen molar-refractivity contribution >= 4 is 23.2 Å². The second-order valence-corrected chi connectivity index (χ2v) is 4.50. The quantitative estimate of drug-likeness (QED) is 0.441. The van der Waals surface area contributed by atoms with Gasteiger partial charge in [0.1, 0.15) is 0 Å². The summed E-state index contributed by atoms with van der Waals surface area (Å²) in [4.78, 5) is 24.3. The summed E-state index contributed by atoms with van der Waals surface area (Å²) in [5.74, 6) is 0.188. The standard InChI is InChI=1S/C13H17ClN2O4/c1-3-7-15(8-6-14)13(17)10-4-5-12(20-2)11(9-10)16(18)19/h4-5,9H,3,6-8H2,1-2H3. The number of hydrogen-bond acceptors (Lipinski definition) is 4. The first-order valence-electron chi connectivity index (χ1n) is 6.22. The summed E-state index contributed by atoms with van der Waals surface area (Å²) in [5.41, 5.74) is 0.0386. The number of methoxy groups -OCH3 is 1. The number of nitrogens with zero attached hydrogens (tertiary/aromatic N) is 2. The van der Waals surface area contributed by atoms with Crippen LogP contribution in [0.2, 0.25) is 0 Å². The van der Waals surface area contributed by atoms with E-state index in [2.05, 4.69) is 0 Å². The minimum Gasteiger partial charge on any atom is -0.490 e. The molecule has 0 unspecified atom stereocenters. The second-order valence-electron chi connectivity index (χ2n) is 4.12. The van der Waals surface area contributed by atoms with Crippen molar-refractivity contribution in [3.8, 4) is 5.75 Å². The molecule has 20 heavy (non-hydrogen) atoms. The summed E-state index contributed by atoms with van der Waals surface area (Å²) in [6.45, 7) is 2.92. The lowest BCUT2D eigenvalue weighted by atomic mass is 10.1. The number of nitro benzene ring substituents is 1. The fourth-order valence-corrected chi connectivity index (χ4v) is 2.04. The summed E-state index contributed by atoms with van der Waals surface area (Å²) in [6, 6.07) is 4.18. The minimum absolute atomic E-state index is 0.130. The molecule has 0 N–H and O–H groups in total. The summed E-state index contributed by atoms with van der Waals surface area (Å²) < 4.78 is 4.91. The zero-order chi connectivity index (χ0) is 15.1. The minimum atomic E-state index is -0.568. The lowest BCUT2D eigenvalue weighted by Crippen LogP contribution is -2.33. The summed E-state index contributed by atoms with van der Waals surface area (Å²) in [5, 5.41) is 11.0. The number of amides is 1. The highest BCUT2D eigenvalue weighted by Crippen LogP contribution is 2.28. The first-order chi connectivity index (χ1) is 9.54. The fourth-order valence-electron chi connectivity index (χ4n) is 1.84. The summed E-state index contributed by atoms with van der Waals surface area (Å²) in [6.07, 6.45) is 0.793. The molecule has 7 heteroatoms. The van der Waals surface area contributed by atoms with E-state index < -0.39 is 4.92 Å². The lowest BCUT2D eigenvalue weighted by molar-refractivity contribution is -0.385.